The fourth-order valence-electron chi connectivity index (χ4n) is 4.41. The first-order valence-corrected chi connectivity index (χ1v) is 11.2. The van der Waals surface area contributed by atoms with Gasteiger partial charge in [0.25, 0.3) is 0 Å². The van der Waals surface area contributed by atoms with Gasteiger partial charge in [-0.15, -0.1) is 0 Å². The van der Waals surface area contributed by atoms with E-state index in [0.717, 1.165) is 35.7 Å². The van der Waals surface area contributed by atoms with Crippen LogP contribution in [0.25, 0.3) is 5.70 Å². The highest BCUT2D eigenvalue weighted by atomic mass is 19.1. The number of alkyl halides is 1. The maximum absolute atomic E-state index is 14.1. The Labute approximate surface area is 182 Å². The molecule has 0 aromatic heterocycles. The molecular formula is C28H36FN. The molecule has 0 radical (unpaired) electrons. The van der Waals surface area contributed by atoms with Crippen molar-refractivity contribution in [2.24, 2.45) is 5.92 Å². The van der Waals surface area contributed by atoms with E-state index >= 15 is 0 Å². The molecule has 160 valence electrons. The number of nitrogens with one attached hydrogen (secondary N) is 1. The Morgan fingerprint density at radius 2 is 1.83 bits per heavy atom. The normalized spacial score (nSPS) is 19.3. The summed E-state index contributed by atoms with van der Waals surface area (Å²) in [5.41, 5.74) is 6.92. The lowest BCUT2D eigenvalue weighted by Gasteiger charge is -2.36. The molecule has 3 rings (SSSR count). The summed E-state index contributed by atoms with van der Waals surface area (Å²) >= 11 is 0. The highest BCUT2D eigenvalue weighted by molar-refractivity contribution is 5.68. The SMILES string of the molecule is C=C(C)N/C(=C/CC)c1cc(CC2CC(c3ccc(C(C)(C)F)cc3)C2)ccc1C. The lowest BCUT2D eigenvalue weighted by atomic mass is 9.69. The van der Waals surface area contributed by atoms with Crippen LogP contribution in [0.2, 0.25) is 0 Å². The number of aryl methyl sites for hydroxylation is 1. The van der Waals surface area contributed by atoms with E-state index in [1.54, 1.807) is 13.8 Å². The Hall–Kier alpha value is -2.35. The minimum absolute atomic E-state index is 0.609. The van der Waals surface area contributed by atoms with Crippen LogP contribution in [-0.2, 0) is 12.1 Å². The average Bonchev–Trinajstić information content (AvgIpc) is 2.64. The van der Waals surface area contributed by atoms with Gasteiger partial charge < -0.3 is 5.32 Å². The number of allylic oxidation sites excluding steroid dienone is 2. The van der Waals surface area contributed by atoms with Crippen LogP contribution in [0.4, 0.5) is 4.39 Å². The van der Waals surface area contributed by atoms with Crippen LogP contribution in [0.1, 0.15) is 80.7 Å². The molecule has 0 aliphatic heterocycles. The molecule has 2 heteroatoms. The second kappa shape index (κ2) is 9.20. The van der Waals surface area contributed by atoms with Gasteiger partial charge in [0.1, 0.15) is 5.67 Å². The molecule has 0 atom stereocenters. The number of hydrogen-bond acceptors (Lipinski definition) is 1. The van der Waals surface area contributed by atoms with Crippen LogP contribution in [0, 0.1) is 12.8 Å². The molecule has 0 unspecified atom stereocenters. The molecule has 1 N–H and O–H groups in total. The number of hydrogen-bond donors (Lipinski definition) is 1. The smallest absolute Gasteiger partial charge is 0.130 e. The van der Waals surface area contributed by atoms with Gasteiger partial charge in [0.15, 0.2) is 0 Å². The van der Waals surface area contributed by atoms with Crippen LogP contribution in [0.3, 0.4) is 0 Å². The predicted octanol–water partition coefficient (Wildman–Crippen LogP) is 7.81. The molecule has 1 aliphatic rings. The zero-order valence-corrected chi connectivity index (χ0v) is 19.2. The molecule has 1 aliphatic carbocycles. The minimum atomic E-state index is -1.27. The molecule has 2 aromatic rings. The summed E-state index contributed by atoms with van der Waals surface area (Å²) in [7, 11) is 0. The van der Waals surface area contributed by atoms with Gasteiger partial charge in [-0.2, -0.15) is 0 Å². The Bertz CT molecular complexity index is 909. The van der Waals surface area contributed by atoms with Gasteiger partial charge >= 0.3 is 0 Å². The molecule has 1 nitrogen and oxygen atoms in total. The highest BCUT2D eigenvalue weighted by Gasteiger charge is 2.30. The molecular weight excluding hydrogens is 369 g/mol. The van der Waals surface area contributed by atoms with Crippen molar-refractivity contribution >= 4 is 5.70 Å². The van der Waals surface area contributed by atoms with Crippen molar-refractivity contribution < 1.29 is 4.39 Å². The van der Waals surface area contributed by atoms with Crippen molar-refractivity contribution in [2.45, 2.75) is 71.9 Å². The Morgan fingerprint density at radius 3 is 2.40 bits per heavy atom. The lowest BCUT2D eigenvalue weighted by molar-refractivity contribution is 0.221. The summed E-state index contributed by atoms with van der Waals surface area (Å²) in [4.78, 5) is 0. The van der Waals surface area contributed by atoms with Crippen LogP contribution in [0.5, 0.6) is 0 Å². The van der Waals surface area contributed by atoms with E-state index in [4.69, 9.17) is 0 Å². The van der Waals surface area contributed by atoms with Crippen LogP contribution in [0.15, 0.2) is 60.8 Å². The predicted molar refractivity (Wildman–Crippen MR) is 127 cm³/mol. The van der Waals surface area contributed by atoms with E-state index in [0.29, 0.717) is 5.92 Å². The molecule has 1 fully saturated rings. The maximum atomic E-state index is 14.1. The van der Waals surface area contributed by atoms with Gasteiger partial charge in [0.2, 0.25) is 0 Å². The summed E-state index contributed by atoms with van der Waals surface area (Å²) in [6, 6.07) is 15.0. The molecule has 1 saturated carbocycles. The van der Waals surface area contributed by atoms with E-state index in [9.17, 15) is 4.39 Å². The second-order valence-electron chi connectivity index (χ2n) is 9.41. The van der Waals surface area contributed by atoms with Crippen LogP contribution in [-0.4, -0.2) is 0 Å². The molecule has 2 aromatic carbocycles. The van der Waals surface area contributed by atoms with E-state index in [-0.39, 0.29) is 0 Å². The highest BCUT2D eigenvalue weighted by Crippen LogP contribution is 2.43. The van der Waals surface area contributed by atoms with Gasteiger partial charge in [-0.3, -0.25) is 0 Å². The first-order valence-electron chi connectivity index (χ1n) is 11.2. The van der Waals surface area contributed by atoms with Crippen molar-refractivity contribution in [2.75, 3.05) is 0 Å². The summed E-state index contributed by atoms with van der Waals surface area (Å²) in [5.74, 6) is 1.33. The van der Waals surface area contributed by atoms with E-state index in [1.807, 2.05) is 19.1 Å². The van der Waals surface area contributed by atoms with E-state index < -0.39 is 5.67 Å². The van der Waals surface area contributed by atoms with Crippen LogP contribution < -0.4 is 5.32 Å². The average molecular weight is 406 g/mol. The van der Waals surface area contributed by atoms with Gasteiger partial charge in [-0.05, 0) is 93.5 Å². The fraction of sp³-hybridized carbons (Fsp3) is 0.429. The van der Waals surface area contributed by atoms with Gasteiger partial charge in [-0.25, -0.2) is 4.39 Å². The quantitative estimate of drug-likeness (QED) is 0.472. The van der Waals surface area contributed by atoms with Gasteiger partial charge in [0.05, 0.1) is 0 Å². The van der Waals surface area contributed by atoms with Gasteiger partial charge in [-0.1, -0.05) is 56.0 Å². The summed E-state index contributed by atoms with van der Waals surface area (Å²) in [6.45, 7) is 13.6. The van der Waals surface area contributed by atoms with Crippen molar-refractivity contribution in [3.63, 3.8) is 0 Å². The first kappa shape index (κ1) is 22.3. The molecule has 0 spiro atoms. The summed E-state index contributed by atoms with van der Waals surface area (Å²) < 4.78 is 14.1. The Balaban J connectivity index is 1.65. The Kier molecular flexibility index (Phi) is 6.85. The van der Waals surface area contributed by atoms with Crippen molar-refractivity contribution in [1.29, 1.82) is 0 Å². The Morgan fingerprint density at radius 1 is 1.17 bits per heavy atom. The molecule has 0 bridgehead atoms. The van der Waals surface area contributed by atoms with Gasteiger partial charge in [0, 0.05) is 17.0 Å². The summed E-state index contributed by atoms with van der Waals surface area (Å²) in [6.07, 6.45) is 6.77. The zero-order chi connectivity index (χ0) is 21.9. The number of rotatable bonds is 8. The second-order valence-corrected chi connectivity index (χ2v) is 9.41. The topological polar surface area (TPSA) is 12.0 Å². The third-order valence-corrected chi connectivity index (χ3v) is 6.18. The van der Waals surface area contributed by atoms with Crippen molar-refractivity contribution in [1.82, 2.24) is 5.32 Å². The molecule has 0 saturated heterocycles. The van der Waals surface area contributed by atoms with Crippen LogP contribution >= 0.6 is 0 Å². The third kappa shape index (κ3) is 5.41. The molecule has 0 amide bonds. The minimum Gasteiger partial charge on any atom is -0.359 e. The third-order valence-electron chi connectivity index (χ3n) is 6.18. The largest absolute Gasteiger partial charge is 0.359 e. The summed E-state index contributed by atoms with van der Waals surface area (Å²) in [5, 5.41) is 3.43. The number of halogens is 1. The molecule has 0 heterocycles. The van der Waals surface area contributed by atoms with Crippen molar-refractivity contribution in [3.8, 4) is 0 Å². The first-order chi connectivity index (χ1) is 14.2. The zero-order valence-electron chi connectivity index (χ0n) is 19.2. The number of benzene rings is 2. The lowest BCUT2D eigenvalue weighted by Crippen LogP contribution is -2.24. The maximum Gasteiger partial charge on any atom is 0.130 e. The molecule has 30 heavy (non-hydrogen) atoms. The van der Waals surface area contributed by atoms with E-state index in [2.05, 4.69) is 62.2 Å². The fourth-order valence-corrected chi connectivity index (χ4v) is 4.41. The monoisotopic (exact) mass is 405 g/mol. The van der Waals surface area contributed by atoms with Crippen molar-refractivity contribution in [3.05, 3.63) is 88.6 Å². The van der Waals surface area contributed by atoms with E-state index in [1.165, 1.54) is 35.1 Å². The standard InChI is InChI=1S/C28H36FN/c1-7-8-27(30-19(2)3)26-18-21(10-9-20(26)4)15-22-16-24(17-22)23-11-13-25(14-12-23)28(5,6)29/h8-14,18,22,24,30H,2,7,15-17H2,1,3-6H3/b27-8+.